The molecule has 0 saturated carbocycles. The van der Waals surface area contributed by atoms with Gasteiger partial charge in [-0.2, -0.15) is 0 Å². The zero-order valence-electron chi connectivity index (χ0n) is 15.7. The molecule has 4 rings (SSSR count). The minimum Gasteiger partial charge on any atom is -0.396 e. The molecule has 3 aromatic carbocycles. The Morgan fingerprint density at radius 1 is 1.00 bits per heavy atom. The van der Waals surface area contributed by atoms with E-state index in [2.05, 4.69) is 21.0 Å². The van der Waals surface area contributed by atoms with Crippen molar-refractivity contribution in [2.75, 3.05) is 21.5 Å². The van der Waals surface area contributed by atoms with Crippen LogP contribution in [0.25, 0.3) is 0 Å². The molecule has 0 aliphatic carbocycles. The van der Waals surface area contributed by atoms with Crippen LogP contribution >= 0.6 is 11.9 Å². The lowest BCUT2D eigenvalue weighted by molar-refractivity contribution is 0.262. The Morgan fingerprint density at radius 3 is 2.52 bits per heavy atom. The van der Waals surface area contributed by atoms with Gasteiger partial charge in [-0.3, -0.25) is 4.31 Å². The van der Waals surface area contributed by atoms with Crippen molar-refractivity contribution in [3.63, 3.8) is 0 Å². The number of aliphatic hydroxyl groups excluding tert-OH is 1. The number of carbonyl (C=O) groups is 1. The normalized spacial score (nSPS) is 15.1. The Balaban J connectivity index is 1.39. The van der Waals surface area contributed by atoms with Crippen LogP contribution < -0.4 is 20.7 Å². The fraction of sp³-hybridized carbons (Fsp3) is 0.136. The number of rotatable bonds is 5. The van der Waals surface area contributed by atoms with Crippen molar-refractivity contribution < 1.29 is 9.90 Å². The number of nitrogens with one attached hydrogen (secondary N) is 2. The Bertz CT molecular complexity index is 1010. The molecule has 1 heterocycles. The van der Waals surface area contributed by atoms with Crippen molar-refractivity contribution in [1.82, 2.24) is 0 Å². The number of urea groups is 1. The number of carbonyl (C=O) groups excluding carboxylic acids is 1. The zero-order chi connectivity index (χ0) is 20.2. The van der Waals surface area contributed by atoms with E-state index in [-0.39, 0.29) is 18.8 Å². The Morgan fingerprint density at radius 2 is 1.76 bits per heavy atom. The van der Waals surface area contributed by atoms with Crippen molar-refractivity contribution in [3.8, 4) is 0 Å². The summed E-state index contributed by atoms with van der Waals surface area (Å²) in [5, 5.41) is 14.7. The topological polar surface area (TPSA) is 90.6 Å². The summed E-state index contributed by atoms with van der Waals surface area (Å²) in [6.45, 7) is 0.0754. The van der Waals surface area contributed by atoms with Crippen LogP contribution in [-0.4, -0.2) is 17.7 Å². The van der Waals surface area contributed by atoms with Crippen LogP contribution in [0.5, 0.6) is 0 Å². The van der Waals surface area contributed by atoms with Crippen LogP contribution in [0.1, 0.15) is 17.3 Å². The van der Waals surface area contributed by atoms with Crippen molar-refractivity contribution >= 4 is 35.0 Å². The molecule has 0 radical (unpaired) electrons. The van der Waals surface area contributed by atoms with Gasteiger partial charge in [0.05, 0.1) is 0 Å². The first-order valence-corrected chi connectivity index (χ1v) is 10.1. The molecule has 3 aromatic rings. The Labute approximate surface area is 173 Å². The fourth-order valence-corrected chi connectivity index (χ4v) is 4.33. The van der Waals surface area contributed by atoms with Crippen LogP contribution in [0.4, 0.5) is 21.9 Å². The largest absolute Gasteiger partial charge is 0.396 e. The number of nitrogens with two attached hydrogens (primary N) is 1. The first-order chi connectivity index (χ1) is 14.1. The summed E-state index contributed by atoms with van der Waals surface area (Å²) in [5.74, 6) is 0. The molecule has 0 saturated heterocycles. The number of aliphatic hydroxyl groups is 1. The lowest BCUT2D eigenvalue weighted by Gasteiger charge is -2.22. The molecular weight excluding hydrogens is 384 g/mol. The lowest BCUT2D eigenvalue weighted by Crippen LogP contribution is -2.24. The molecule has 0 spiro atoms. The van der Waals surface area contributed by atoms with Gasteiger partial charge in [0, 0.05) is 34.1 Å². The summed E-state index contributed by atoms with van der Waals surface area (Å²) in [6.07, 6.45) is 0.351. The van der Waals surface area contributed by atoms with E-state index in [1.165, 1.54) is 0 Å². The quantitative estimate of drug-likeness (QED) is 0.473. The first kappa shape index (κ1) is 19.3. The van der Waals surface area contributed by atoms with E-state index in [0.29, 0.717) is 17.8 Å². The van der Waals surface area contributed by atoms with Crippen LogP contribution in [0.15, 0.2) is 77.7 Å². The smallest absolute Gasteiger partial charge is 0.323 e. The van der Waals surface area contributed by atoms with E-state index in [0.717, 1.165) is 21.7 Å². The molecular formula is C22H22N4O2S. The molecule has 0 fully saturated rings. The number of benzene rings is 3. The average Bonchev–Trinajstić information content (AvgIpc) is 3.06. The van der Waals surface area contributed by atoms with E-state index in [9.17, 15) is 4.79 Å². The van der Waals surface area contributed by atoms with Gasteiger partial charge in [0.1, 0.15) is 6.17 Å². The summed E-state index contributed by atoms with van der Waals surface area (Å²) in [6, 6.07) is 22.8. The highest BCUT2D eigenvalue weighted by Gasteiger charge is 2.28. The molecule has 0 bridgehead atoms. The third-order valence-corrected chi connectivity index (χ3v) is 5.86. The molecule has 0 aromatic heterocycles. The molecule has 1 aliphatic heterocycles. The van der Waals surface area contributed by atoms with Crippen molar-refractivity contribution in [3.05, 3.63) is 83.9 Å². The van der Waals surface area contributed by atoms with Gasteiger partial charge in [-0.05, 0) is 66.4 Å². The number of amides is 2. The highest BCUT2D eigenvalue weighted by Crippen LogP contribution is 2.44. The molecule has 1 aliphatic rings. The highest BCUT2D eigenvalue weighted by atomic mass is 32.2. The third kappa shape index (κ3) is 4.37. The van der Waals surface area contributed by atoms with Gasteiger partial charge in [-0.15, -0.1) is 0 Å². The fourth-order valence-electron chi connectivity index (χ4n) is 3.23. The van der Waals surface area contributed by atoms with Crippen molar-refractivity contribution in [2.45, 2.75) is 17.5 Å². The molecule has 29 heavy (non-hydrogen) atoms. The minimum absolute atomic E-state index is 0.0754. The van der Waals surface area contributed by atoms with Gasteiger partial charge in [-0.25, -0.2) is 4.79 Å². The van der Waals surface area contributed by atoms with Crippen molar-refractivity contribution in [2.24, 2.45) is 5.73 Å². The molecule has 6 nitrogen and oxygen atoms in total. The van der Waals surface area contributed by atoms with Crippen molar-refractivity contribution in [1.29, 1.82) is 0 Å². The zero-order valence-corrected chi connectivity index (χ0v) is 16.5. The summed E-state index contributed by atoms with van der Waals surface area (Å²) >= 11 is 1.62. The van der Waals surface area contributed by atoms with E-state index < -0.39 is 0 Å². The molecule has 5 N–H and O–H groups in total. The average molecular weight is 407 g/mol. The summed E-state index contributed by atoms with van der Waals surface area (Å²) < 4.78 is 2.06. The van der Waals surface area contributed by atoms with E-state index in [1.807, 2.05) is 66.7 Å². The van der Waals surface area contributed by atoms with Gasteiger partial charge >= 0.3 is 6.03 Å². The molecule has 1 atom stereocenters. The van der Waals surface area contributed by atoms with E-state index in [4.69, 9.17) is 10.8 Å². The number of hydrogen-bond acceptors (Lipinski definition) is 5. The summed E-state index contributed by atoms with van der Waals surface area (Å²) in [7, 11) is 0. The third-order valence-electron chi connectivity index (χ3n) is 4.65. The van der Waals surface area contributed by atoms with E-state index >= 15 is 0 Å². The van der Waals surface area contributed by atoms with Crippen LogP contribution in [0, 0.1) is 0 Å². The van der Waals surface area contributed by atoms with Gasteiger partial charge in [-0.1, -0.05) is 30.3 Å². The molecule has 7 heteroatoms. The SMILES string of the molecule is NC1c2ccccc2SN1c1ccc(NC(=O)Nc2cccc(CCO)c2)cc1. The van der Waals surface area contributed by atoms with Gasteiger partial charge in [0.15, 0.2) is 0 Å². The van der Waals surface area contributed by atoms with E-state index in [1.54, 1.807) is 11.9 Å². The highest BCUT2D eigenvalue weighted by molar-refractivity contribution is 8.01. The lowest BCUT2D eigenvalue weighted by atomic mass is 10.1. The Kier molecular flexibility index (Phi) is 5.71. The van der Waals surface area contributed by atoms with Crippen LogP contribution in [0.3, 0.4) is 0 Å². The number of anilines is 3. The minimum atomic E-state index is -0.321. The van der Waals surface area contributed by atoms with Crippen LogP contribution in [0.2, 0.25) is 0 Å². The molecule has 2 amide bonds. The molecule has 148 valence electrons. The van der Waals surface area contributed by atoms with Crippen LogP contribution in [-0.2, 0) is 6.42 Å². The second kappa shape index (κ2) is 8.57. The van der Waals surface area contributed by atoms with Gasteiger partial charge in [0.2, 0.25) is 0 Å². The second-order valence-electron chi connectivity index (χ2n) is 6.70. The maximum atomic E-state index is 12.3. The standard InChI is InChI=1S/C22H22N4O2S/c23-21-19-6-1-2-7-20(19)29-26(21)18-10-8-16(9-11-18)24-22(28)25-17-5-3-4-15(14-17)12-13-27/h1-11,14,21,27H,12-13,23H2,(H2,24,25,28). The summed E-state index contributed by atoms with van der Waals surface area (Å²) in [4.78, 5) is 13.4. The Hall–Kier alpha value is -3.00. The summed E-state index contributed by atoms with van der Waals surface area (Å²) in [5.41, 5.74) is 10.8. The molecule has 1 unspecified atom stereocenters. The predicted molar refractivity (Wildman–Crippen MR) is 118 cm³/mol. The predicted octanol–water partition coefficient (Wildman–Crippen LogP) is 4.35. The van der Waals surface area contributed by atoms with Gasteiger partial charge in [0.25, 0.3) is 0 Å². The maximum Gasteiger partial charge on any atom is 0.323 e. The second-order valence-corrected chi connectivity index (χ2v) is 7.72. The number of nitrogens with zero attached hydrogens (tertiary/aromatic N) is 1. The monoisotopic (exact) mass is 406 g/mol. The maximum absolute atomic E-state index is 12.3. The first-order valence-electron chi connectivity index (χ1n) is 9.33. The number of fused-ring (bicyclic) bond motifs is 1. The van der Waals surface area contributed by atoms with Gasteiger partial charge < -0.3 is 21.5 Å². The number of hydrogen-bond donors (Lipinski definition) is 4.